The van der Waals surface area contributed by atoms with Crippen molar-refractivity contribution in [2.75, 3.05) is 13.1 Å². The van der Waals surface area contributed by atoms with Gasteiger partial charge in [0.05, 0.1) is 18.8 Å². The van der Waals surface area contributed by atoms with Crippen LogP contribution in [0.15, 0.2) is 84.9 Å². The lowest BCUT2D eigenvalue weighted by Gasteiger charge is -2.44. The zero-order chi connectivity index (χ0) is 25.0. The standard InChI is InChI=1S/C31H34N2O3/c1-23(34)32-29-26-14-8-9-15-27(26)31(30(29)36-22-25-12-6-3-7-13-25)18-20-33(21-19-31)28(35)17-16-24-10-4-2-5-11-24/h2-15,29-30H,16-22H2,1H3,(H,32,34)/t29-,30+/m1/s1. The highest BCUT2D eigenvalue weighted by Crippen LogP contribution is 2.52. The number of likely N-dealkylation sites (tertiary alicyclic amines) is 1. The van der Waals surface area contributed by atoms with Crippen LogP contribution in [0.1, 0.15) is 54.5 Å². The maximum Gasteiger partial charge on any atom is 0.222 e. The Labute approximate surface area is 213 Å². The van der Waals surface area contributed by atoms with Gasteiger partial charge in [0.25, 0.3) is 0 Å². The first-order chi connectivity index (χ1) is 17.6. The molecule has 2 atom stereocenters. The Bertz CT molecular complexity index is 1190. The molecular weight excluding hydrogens is 448 g/mol. The highest BCUT2D eigenvalue weighted by atomic mass is 16.5. The predicted molar refractivity (Wildman–Crippen MR) is 140 cm³/mol. The summed E-state index contributed by atoms with van der Waals surface area (Å²) < 4.78 is 6.66. The molecule has 1 spiro atoms. The minimum absolute atomic E-state index is 0.0614. The third kappa shape index (κ3) is 4.93. The van der Waals surface area contributed by atoms with E-state index in [0.717, 1.165) is 30.4 Å². The Kier molecular flexibility index (Phi) is 7.19. The van der Waals surface area contributed by atoms with Crippen molar-refractivity contribution < 1.29 is 14.3 Å². The summed E-state index contributed by atoms with van der Waals surface area (Å²) in [5, 5.41) is 3.18. The van der Waals surface area contributed by atoms with Crippen molar-refractivity contribution in [3.63, 3.8) is 0 Å². The number of nitrogens with one attached hydrogen (secondary N) is 1. The molecule has 5 heteroatoms. The fourth-order valence-corrected chi connectivity index (χ4v) is 6.01. The van der Waals surface area contributed by atoms with Crippen molar-refractivity contribution >= 4 is 11.8 Å². The molecule has 1 fully saturated rings. The number of carbonyl (C=O) groups excluding carboxylic acids is 2. The van der Waals surface area contributed by atoms with Crippen molar-refractivity contribution in [2.24, 2.45) is 0 Å². The summed E-state index contributed by atoms with van der Waals surface area (Å²) in [5.74, 6) is 0.147. The largest absolute Gasteiger partial charge is 0.370 e. The van der Waals surface area contributed by atoms with Gasteiger partial charge in [-0.3, -0.25) is 9.59 Å². The Morgan fingerprint density at radius 3 is 2.17 bits per heavy atom. The summed E-state index contributed by atoms with van der Waals surface area (Å²) in [6, 6.07) is 28.5. The Morgan fingerprint density at radius 2 is 1.50 bits per heavy atom. The number of fused-ring (bicyclic) bond motifs is 2. The van der Waals surface area contributed by atoms with Crippen LogP contribution in [0.3, 0.4) is 0 Å². The molecule has 1 N–H and O–H groups in total. The van der Waals surface area contributed by atoms with E-state index in [4.69, 9.17) is 4.74 Å². The molecule has 1 heterocycles. The topological polar surface area (TPSA) is 58.6 Å². The lowest BCUT2D eigenvalue weighted by molar-refractivity contribution is -0.134. The minimum atomic E-state index is -0.241. The fourth-order valence-electron chi connectivity index (χ4n) is 6.01. The van der Waals surface area contributed by atoms with Crippen LogP contribution in [0.5, 0.6) is 0 Å². The summed E-state index contributed by atoms with van der Waals surface area (Å²) in [6.07, 6.45) is 2.72. The third-order valence-corrected chi connectivity index (χ3v) is 7.79. The number of nitrogens with zero attached hydrogens (tertiary/aromatic N) is 1. The van der Waals surface area contributed by atoms with Crippen LogP contribution in [-0.2, 0) is 32.8 Å². The molecule has 0 aromatic heterocycles. The summed E-state index contributed by atoms with van der Waals surface area (Å²) in [6.45, 7) is 3.44. The van der Waals surface area contributed by atoms with Crippen LogP contribution in [0, 0.1) is 0 Å². The predicted octanol–water partition coefficient (Wildman–Crippen LogP) is 4.96. The molecule has 3 aromatic carbocycles. The number of carbonyl (C=O) groups is 2. The van der Waals surface area contributed by atoms with Gasteiger partial charge in [0.1, 0.15) is 0 Å². The second kappa shape index (κ2) is 10.7. The van der Waals surface area contributed by atoms with Gasteiger partial charge in [0.15, 0.2) is 0 Å². The van der Waals surface area contributed by atoms with Crippen LogP contribution < -0.4 is 5.32 Å². The number of benzene rings is 3. The molecule has 0 radical (unpaired) electrons. The quantitative estimate of drug-likeness (QED) is 0.518. The van der Waals surface area contributed by atoms with Gasteiger partial charge >= 0.3 is 0 Å². The molecule has 0 unspecified atom stereocenters. The van der Waals surface area contributed by atoms with E-state index >= 15 is 0 Å². The van der Waals surface area contributed by atoms with E-state index in [-0.39, 0.29) is 29.4 Å². The molecule has 3 aromatic rings. The van der Waals surface area contributed by atoms with Crippen LogP contribution in [-0.4, -0.2) is 35.9 Å². The SMILES string of the molecule is CC(=O)N[C@@H]1c2ccccc2C2(CCN(C(=O)CCc3ccccc3)CC2)[C@H]1OCc1ccccc1. The second-order valence-corrected chi connectivity index (χ2v) is 10.0. The van der Waals surface area contributed by atoms with Gasteiger partial charge in [-0.2, -0.15) is 0 Å². The number of aryl methyl sites for hydroxylation is 1. The molecule has 186 valence electrons. The monoisotopic (exact) mass is 482 g/mol. The van der Waals surface area contributed by atoms with Crippen molar-refractivity contribution in [3.8, 4) is 0 Å². The van der Waals surface area contributed by atoms with E-state index in [1.807, 2.05) is 47.4 Å². The molecule has 0 bridgehead atoms. The summed E-state index contributed by atoms with van der Waals surface area (Å²) in [5.41, 5.74) is 4.44. The van der Waals surface area contributed by atoms with Crippen LogP contribution in [0.2, 0.25) is 0 Å². The number of amides is 2. The molecule has 1 aliphatic carbocycles. The van der Waals surface area contributed by atoms with E-state index < -0.39 is 0 Å². The maximum atomic E-state index is 13.1. The van der Waals surface area contributed by atoms with Crippen LogP contribution >= 0.6 is 0 Å². The van der Waals surface area contributed by atoms with Gasteiger partial charge < -0.3 is 15.0 Å². The number of rotatable bonds is 7. The van der Waals surface area contributed by atoms with Crippen LogP contribution in [0.25, 0.3) is 0 Å². The average molecular weight is 483 g/mol. The van der Waals surface area contributed by atoms with Gasteiger partial charge in [-0.15, -0.1) is 0 Å². The van der Waals surface area contributed by atoms with E-state index in [1.165, 1.54) is 11.1 Å². The van der Waals surface area contributed by atoms with Crippen molar-refractivity contribution in [2.45, 2.75) is 56.8 Å². The molecule has 5 rings (SSSR count). The first-order valence-electron chi connectivity index (χ1n) is 12.9. The first-order valence-corrected chi connectivity index (χ1v) is 12.9. The number of hydrogen-bond acceptors (Lipinski definition) is 3. The third-order valence-electron chi connectivity index (χ3n) is 7.79. The average Bonchev–Trinajstić information content (AvgIpc) is 3.15. The molecule has 2 aliphatic rings. The zero-order valence-corrected chi connectivity index (χ0v) is 20.9. The molecular formula is C31H34N2O3. The van der Waals surface area contributed by atoms with Crippen molar-refractivity contribution in [1.82, 2.24) is 10.2 Å². The molecule has 1 saturated heterocycles. The summed E-state index contributed by atoms with van der Waals surface area (Å²) in [4.78, 5) is 27.3. The number of ether oxygens (including phenoxy) is 1. The van der Waals surface area contributed by atoms with E-state index in [0.29, 0.717) is 26.1 Å². The van der Waals surface area contributed by atoms with Gasteiger partial charge in [-0.1, -0.05) is 84.9 Å². The zero-order valence-electron chi connectivity index (χ0n) is 20.9. The van der Waals surface area contributed by atoms with Crippen LogP contribution in [0.4, 0.5) is 0 Å². The Hall–Kier alpha value is -3.44. The Balaban J connectivity index is 1.35. The lowest BCUT2D eigenvalue weighted by atomic mass is 9.71. The smallest absolute Gasteiger partial charge is 0.222 e. The fraction of sp³-hybridized carbons (Fsp3) is 0.355. The molecule has 0 saturated carbocycles. The van der Waals surface area contributed by atoms with E-state index in [1.54, 1.807) is 6.92 Å². The first kappa shape index (κ1) is 24.3. The van der Waals surface area contributed by atoms with E-state index in [9.17, 15) is 9.59 Å². The van der Waals surface area contributed by atoms with Crippen molar-refractivity contribution in [1.29, 1.82) is 0 Å². The molecule has 5 nitrogen and oxygen atoms in total. The summed E-state index contributed by atoms with van der Waals surface area (Å²) >= 11 is 0. The maximum absolute atomic E-state index is 13.1. The van der Waals surface area contributed by atoms with Gasteiger partial charge in [-0.05, 0) is 41.5 Å². The highest BCUT2D eigenvalue weighted by molar-refractivity contribution is 5.77. The molecule has 1 aliphatic heterocycles. The minimum Gasteiger partial charge on any atom is -0.370 e. The van der Waals surface area contributed by atoms with Gasteiger partial charge in [-0.25, -0.2) is 0 Å². The molecule has 36 heavy (non-hydrogen) atoms. The second-order valence-electron chi connectivity index (χ2n) is 10.0. The normalized spacial score (nSPS) is 20.2. The molecule has 2 amide bonds. The number of piperidine rings is 1. The Morgan fingerprint density at radius 1 is 0.889 bits per heavy atom. The highest BCUT2D eigenvalue weighted by Gasteiger charge is 2.54. The van der Waals surface area contributed by atoms with Crippen molar-refractivity contribution in [3.05, 3.63) is 107 Å². The van der Waals surface area contributed by atoms with Gasteiger partial charge in [0, 0.05) is 31.8 Å². The van der Waals surface area contributed by atoms with E-state index in [2.05, 4.69) is 47.8 Å². The number of hydrogen-bond donors (Lipinski definition) is 1. The summed E-state index contributed by atoms with van der Waals surface area (Å²) in [7, 11) is 0. The lowest BCUT2D eigenvalue weighted by Crippen LogP contribution is -2.51. The van der Waals surface area contributed by atoms with Gasteiger partial charge in [0.2, 0.25) is 11.8 Å².